The largest absolute Gasteiger partial charge is 0.462 e. The molecule has 0 aromatic carbocycles. The molecule has 2 saturated heterocycles. The zero-order valence-corrected chi connectivity index (χ0v) is 16.4. The lowest BCUT2D eigenvalue weighted by Crippen LogP contribution is -2.66. The minimum Gasteiger partial charge on any atom is -0.462 e. The molecule has 1 saturated carbocycles. The second-order valence-corrected chi connectivity index (χ2v) is 8.92. The van der Waals surface area contributed by atoms with E-state index in [0.29, 0.717) is 19.4 Å². The number of allylic oxidation sites excluding steroid dienone is 1. The molecule has 27 heavy (non-hydrogen) atoms. The molecule has 6 unspecified atom stereocenters. The summed E-state index contributed by atoms with van der Waals surface area (Å²) in [6, 6.07) is 0. The average Bonchev–Trinajstić information content (AvgIpc) is 3.38. The van der Waals surface area contributed by atoms with Crippen molar-refractivity contribution < 1.29 is 29.2 Å². The van der Waals surface area contributed by atoms with Gasteiger partial charge in [-0.1, -0.05) is 24.1 Å². The summed E-state index contributed by atoms with van der Waals surface area (Å²) in [4.78, 5) is 12.3. The van der Waals surface area contributed by atoms with Crippen LogP contribution in [0.25, 0.3) is 0 Å². The molecule has 2 aliphatic heterocycles. The van der Waals surface area contributed by atoms with Gasteiger partial charge in [0.1, 0.15) is 12.2 Å². The summed E-state index contributed by atoms with van der Waals surface area (Å²) < 4.78 is 18.0. The molecule has 2 bridgehead atoms. The summed E-state index contributed by atoms with van der Waals surface area (Å²) in [6.07, 6.45) is 5.42. The van der Waals surface area contributed by atoms with Crippen LogP contribution in [0.5, 0.6) is 0 Å². The second-order valence-electron chi connectivity index (χ2n) is 8.92. The number of hydrogen-bond acceptors (Lipinski definition) is 6. The number of hydrogen-bond donors (Lipinski definition) is 2. The first-order chi connectivity index (χ1) is 12.8. The predicted octanol–water partition coefficient (Wildman–Crippen LogP) is 1.89. The number of aliphatic hydroxyl groups is 2. The fourth-order valence-electron chi connectivity index (χ4n) is 5.69. The number of aliphatic hydroxyl groups excluding tert-OH is 2. The van der Waals surface area contributed by atoms with Crippen LogP contribution in [0.3, 0.4) is 0 Å². The van der Waals surface area contributed by atoms with Crippen LogP contribution in [-0.4, -0.2) is 59.9 Å². The number of carbonyl (C=O) groups excluding carboxylic acids is 1. The van der Waals surface area contributed by atoms with Crippen LogP contribution in [0, 0.1) is 10.8 Å². The van der Waals surface area contributed by atoms with Crippen LogP contribution in [0.1, 0.15) is 46.5 Å². The molecular formula is C21H30O6. The van der Waals surface area contributed by atoms with Crippen LogP contribution < -0.4 is 0 Å². The zero-order valence-electron chi connectivity index (χ0n) is 16.4. The van der Waals surface area contributed by atoms with Crippen LogP contribution in [0.2, 0.25) is 0 Å². The molecule has 6 heteroatoms. The van der Waals surface area contributed by atoms with E-state index in [9.17, 15) is 9.90 Å². The maximum Gasteiger partial charge on any atom is 0.330 e. The first-order valence-electron chi connectivity index (χ1n) is 9.89. The van der Waals surface area contributed by atoms with Crippen LogP contribution in [0.4, 0.5) is 0 Å². The number of carbonyl (C=O) groups is 1. The van der Waals surface area contributed by atoms with Gasteiger partial charge in [-0.2, -0.15) is 0 Å². The van der Waals surface area contributed by atoms with Crippen molar-refractivity contribution in [1.82, 2.24) is 0 Å². The van der Waals surface area contributed by atoms with Gasteiger partial charge in [0, 0.05) is 29.9 Å². The third-order valence-corrected chi connectivity index (χ3v) is 7.59. The summed E-state index contributed by atoms with van der Waals surface area (Å²) in [5.74, 6) is -0.413. The number of ether oxygens (including phenoxy) is 3. The molecule has 6 nitrogen and oxygen atoms in total. The smallest absolute Gasteiger partial charge is 0.330 e. The maximum absolute atomic E-state index is 12.3. The number of fused-ring (bicyclic) bond motifs is 2. The molecule has 2 heterocycles. The van der Waals surface area contributed by atoms with Crippen molar-refractivity contribution in [2.24, 2.45) is 10.8 Å². The van der Waals surface area contributed by atoms with Crippen LogP contribution in [0.15, 0.2) is 23.3 Å². The van der Waals surface area contributed by atoms with Gasteiger partial charge in [-0.15, -0.1) is 0 Å². The van der Waals surface area contributed by atoms with Crippen molar-refractivity contribution in [1.29, 1.82) is 0 Å². The SMILES string of the molecule is CC(=CC(=O)OCC12CCC(C)=CC1OC1CC(O)C2(C)C12CO2)CCO. The number of epoxide rings is 1. The molecule has 2 N–H and O–H groups in total. The van der Waals surface area contributed by atoms with Gasteiger partial charge < -0.3 is 24.4 Å². The van der Waals surface area contributed by atoms with Gasteiger partial charge >= 0.3 is 5.97 Å². The lowest BCUT2D eigenvalue weighted by molar-refractivity contribution is -0.229. The maximum atomic E-state index is 12.3. The summed E-state index contributed by atoms with van der Waals surface area (Å²) in [6.45, 7) is 6.77. The first-order valence-corrected chi connectivity index (χ1v) is 9.89. The molecule has 4 aliphatic rings. The molecule has 0 aromatic heterocycles. The highest BCUT2D eigenvalue weighted by Crippen LogP contribution is 2.71. The van der Waals surface area contributed by atoms with Gasteiger partial charge in [0.2, 0.25) is 0 Å². The van der Waals surface area contributed by atoms with Gasteiger partial charge in [-0.3, -0.25) is 0 Å². The van der Waals surface area contributed by atoms with E-state index in [1.807, 2.05) is 0 Å². The summed E-state index contributed by atoms with van der Waals surface area (Å²) in [7, 11) is 0. The van der Waals surface area contributed by atoms with Gasteiger partial charge in [0.25, 0.3) is 0 Å². The minimum atomic E-state index is -0.549. The standard InChI is InChI=1S/C21H30O6/c1-13-4-6-20(11-25-18(24)9-14(2)5-7-22)16(8-13)27-17-10-15(23)19(20,3)21(17)12-26-21/h8-9,15-17,22-23H,4-7,10-12H2,1-3H3. The molecular weight excluding hydrogens is 348 g/mol. The van der Waals surface area contributed by atoms with Gasteiger partial charge in [-0.25, -0.2) is 4.79 Å². The second kappa shape index (κ2) is 6.41. The molecule has 0 amide bonds. The first kappa shape index (κ1) is 19.1. The van der Waals surface area contributed by atoms with E-state index in [-0.39, 0.29) is 25.4 Å². The van der Waals surface area contributed by atoms with E-state index >= 15 is 0 Å². The molecule has 4 rings (SSSR count). The molecule has 2 aliphatic carbocycles. The Bertz CT molecular complexity index is 693. The molecule has 150 valence electrons. The Kier molecular flexibility index (Phi) is 4.54. The normalized spacial score (nSPS) is 45.4. The highest BCUT2D eigenvalue weighted by Gasteiger charge is 2.81. The highest BCUT2D eigenvalue weighted by molar-refractivity contribution is 5.82. The fourth-order valence-corrected chi connectivity index (χ4v) is 5.69. The summed E-state index contributed by atoms with van der Waals surface area (Å²) >= 11 is 0. The molecule has 0 radical (unpaired) electrons. The molecule has 3 fully saturated rings. The highest BCUT2D eigenvalue weighted by atomic mass is 16.6. The van der Waals surface area contributed by atoms with Crippen LogP contribution in [-0.2, 0) is 19.0 Å². The fraction of sp³-hybridized carbons (Fsp3) is 0.762. The Morgan fingerprint density at radius 2 is 2.22 bits per heavy atom. The van der Waals surface area contributed by atoms with Gasteiger partial charge in [-0.05, 0) is 33.1 Å². The average molecular weight is 378 g/mol. The van der Waals surface area contributed by atoms with Gasteiger partial charge in [0.15, 0.2) is 0 Å². The molecule has 0 aromatic rings. The van der Waals surface area contributed by atoms with Crippen molar-refractivity contribution in [2.75, 3.05) is 19.8 Å². The Hall–Kier alpha value is -1.21. The van der Waals surface area contributed by atoms with Crippen molar-refractivity contribution >= 4 is 5.97 Å². The van der Waals surface area contributed by atoms with E-state index in [0.717, 1.165) is 18.4 Å². The number of rotatable bonds is 5. The minimum absolute atomic E-state index is 0.00501. The molecule has 6 atom stereocenters. The Labute approximate surface area is 160 Å². The van der Waals surface area contributed by atoms with Crippen molar-refractivity contribution in [2.45, 2.75) is 70.4 Å². The Morgan fingerprint density at radius 3 is 2.89 bits per heavy atom. The van der Waals surface area contributed by atoms with Crippen molar-refractivity contribution in [3.8, 4) is 0 Å². The Balaban J connectivity index is 1.64. The quantitative estimate of drug-likeness (QED) is 0.329. The van der Waals surface area contributed by atoms with Gasteiger partial charge in [0.05, 0.1) is 24.9 Å². The Morgan fingerprint density at radius 1 is 1.48 bits per heavy atom. The van der Waals surface area contributed by atoms with E-state index < -0.39 is 28.5 Å². The van der Waals surface area contributed by atoms with E-state index in [1.165, 1.54) is 11.6 Å². The number of esters is 1. The van der Waals surface area contributed by atoms with E-state index in [2.05, 4.69) is 19.9 Å². The monoisotopic (exact) mass is 378 g/mol. The van der Waals surface area contributed by atoms with Crippen molar-refractivity contribution in [3.05, 3.63) is 23.3 Å². The molecule has 1 spiro atoms. The van der Waals surface area contributed by atoms with E-state index in [4.69, 9.17) is 19.3 Å². The lowest BCUT2D eigenvalue weighted by atomic mass is 9.51. The lowest BCUT2D eigenvalue weighted by Gasteiger charge is -2.58. The van der Waals surface area contributed by atoms with Crippen molar-refractivity contribution in [3.63, 3.8) is 0 Å². The third kappa shape index (κ3) is 2.57. The van der Waals surface area contributed by atoms with E-state index in [1.54, 1.807) is 6.92 Å². The zero-order chi connectivity index (χ0) is 19.4. The summed E-state index contributed by atoms with van der Waals surface area (Å²) in [5, 5.41) is 20.0. The summed E-state index contributed by atoms with van der Waals surface area (Å²) in [5.41, 5.74) is 0.561. The topological polar surface area (TPSA) is 88.5 Å². The van der Waals surface area contributed by atoms with Crippen LogP contribution >= 0.6 is 0 Å². The third-order valence-electron chi connectivity index (χ3n) is 7.59. The predicted molar refractivity (Wildman–Crippen MR) is 97.9 cm³/mol.